The molecule has 0 saturated carbocycles. The molecule has 1 amide bonds. The average molecular weight is 250 g/mol. The minimum atomic E-state index is 0.200. The van der Waals surface area contributed by atoms with Gasteiger partial charge < -0.3 is 10.2 Å². The third-order valence-corrected chi connectivity index (χ3v) is 3.98. The van der Waals surface area contributed by atoms with E-state index in [9.17, 15) is 4.79 Å². The van der Waals surface area contributed by atoms with Crippen LogP contribution >= 0.6 is 11.3 Å². The van der Waals surface area contributed by atoms with Crippen LogP contribution in [0.4, 0.5) is 0 Å². The first-order valence-corrected chi connectivity index (χ1v) is 6.84. The summed E-state index contributed by atoms with van der Waals surface area (Å²) >= 11 is 1.80. The average Bonchev–Trinajstić information content (AvgIpc) is 2.81. The Labute approximate surface area is 106 Å². The SMILES string of the molecule is C=CCCNCC(=O)N1CCc2sccc2C1. The quantitative estimate of drug-likeness (QED) is 0.638. The van der Waals surface area contributed by atoms with Gasteiger partial charge in [-0.2, -0.15) is 0 Å². The molecule has 3 nitrogen and oxygen atoms in total. The third-order valence-electron chi connectivity index (χ3n) is 2.96. The Morgan fingerprint density at radius 3 is 3.35 bits per heavy atom. The van der Waals surface area contributed by atoms with E-state index in [1.165, 1.54) is 10.4 Å². The number of carbonyl (C=O) groups is 1. The molecule has 92 valence electrons. The van der Waals surface area contributed by atoms with Crippen molar-refractivity contribution in [3.63, 3.8) is 0 Å². The van der Waals surface area contributed by atoms with Gasteiger partial charge in [-0.3, -0.25) is 4.79 Å². The second-order valence-electron chi connectivity index (χ2n) is 4.19. The van der Waals surface area contributed by atoms with Crippen LogP contribution in [0.1, 0.15) is 16.9 Å². The highest BCUT2D eigenvalue weighted by Crippen LogP contribution is 2.23. The normalized spacial score (nSPS) is 14.5. The number of carbonyl (C=O) groups excluding carboxylic acids is 1. The lowest BCUT2D eigenvalue weighted by Gasteiger charge is -2.27. The van der Waals surface area contributed by atoms with Crippen molar-refractivity contribution in [1.29, 1.82) is 0 Å². The lowest BCUT2D eigenvalue weighted by Crippen LogP contribution is -2.40. The van der Waals surface area contributed by atoms with Gasteiger partial charge in [0.2, 0.25) is 5.91 Å². The maximum absolute atomic E-state index is 11.9. The lowest BCUT2D eigenvalue weighted by molar-refractivity contribution is -0.131. The fraction of sp³-hybridized carbons (Fsp3) is 0.462. The van der Waals surface area contributed by atoms with Gasteiger partial charge in [0.05, 0.1) is 6.54 Å². The van der Waals surface area contributed by atoms with Gasteiger partial charge in [0, 0.05) is 18.0 Å². The highest BCUT2D eigenvalue weighted by atomic mass is 32.1. The number of hydrogen-bond acceptors (Lipinski definition) is 3. The topological polar surface area (TPSA) is 32.3 Å². The molecule has 0 fully saturated rings. The van der Waals surface area contributed by atoms with Crippen molar-refractivity contribution >= 4 is 17.2 Å². The van der Waals surface area contributed by atoms with Crippen LogP contribution in [-0.4, -0.2) is 30.4 Å². The number of thiophene rings is 1. The van der Waals surface area contributed by atoms with Gasteiger partial charge in [-0.05, 0) is 36.4 Å². The maximum atomic E-state index is 11.9. The van der Waals surface area contributed by atoms with Gasteiger partial charge in [0.15, 0.2) is 0 Å². The Balaban J connectivity index is 1.80. The van der Waals surface area contributed by atoms with Crippen LogP contribution in [0.25, 0.3) is 0 Å². The smallest absolute Gasteiger partial charge is 0.236 e. The summed E-state index contributed by atoms with van der Waals surface area (Å²) in [6, 6.07) is 2.13. The molecule has 0 atom stereocenters. The largest absolute Gasteiger partial charge is 0.337 e. The molecule has 0 saturated heterocycles. The van der Waals surface area contributed by atoms with E-state index in [0.29, 0.717) is 6.54 Å². The molecule has 1 aromatic heterocycles. The van der Waals surface area contributed by atoms with E-state index < -0.39 is 0 Å². The summed E-state index contributed by atoms with van der Waals surface area (Å²) in [5, 5.41) is 5.25. The van der Waals surface area contributed by atoms with E-state index in [4.69, 9.17) is 0 Å². The van der Waals surface area contributed by atoms with Crippen LogP contribution in [0, 0.1) is 0 Å². The zero-order valence-electron chi connectivity index (χ0n) is 9.95. The van der Waals surface area contributed by atoms with Gasteiger partial charge >= 0.3 is 0 Å². The van der Waals surface area contributed by atoms with Crippen LogP contribution in [0.5, 0.6) is 0 Å². The molecule has 1 aliphatic heterocycles. The van der Waals surface area contributed by atoms with Crippen molar-refractivity contribution in [3.8, 4) is 0 Å². The molecule has 0 spiro atoms. The summed E-state index contributed by atoms with van der Waals surface area (Å²) in [5.74, 6) is 0.200. The molecule has 1 aromatic rings. The van der Waals surface area contributed by atoms with Crippen LogP contribution < -0.4 is 5.32 Å². The Morgan fingerprint density at radius 2 is 2.53 bits per heavy atom. The number of hydrogen-bond donors (Lipinski definition) is 1. The Kier molecular flexibility index (Phi) is 4.34. The lowest BCUT2D eigenvalue weighted by atomic mass is 10.1. The van der Waals surface area contributed by atoms with Crippen molar-refractivity contribution in [3.05, 3.63) is 34.5 Å². The summed E-state index contributed by atoms with van der Waals surface area (Å²) in [5.41, 5.74) is 1.32. The van der Waals surface area contributed by atoms with Gasteiger partial charge in [0.25, 0.3) is 0 Å². The highest BCUT2D eigenvalue weighted by molar-refractivity contribution is 7.10. The van der Waals surface area contributed by atoms with Crippen LogP contribution in [-0.2, 0) is 17.8 Å². The summed E-state index contributed by atoms with van der Waals surface area (Å²) in [6.45, 7) is 6.55. The van der Waals surface area contributed by atoms with E-state index in [1.54, 1.807) is 11.3 Å². The minimum absolute atomic E-state index is 0.200. The van der Waals surface area contributed by atoms with Crippen molar-refractivity contribution < 1.29 is 4.79 Å². The number of amides is 1. The Hall–Kier alpha value is -1.13. The molecular weight excluding hydrogens is 232 g/mol. The Bertz CT molecular complexity index is 400. The highest BCUT2D eigenvalue weighted by Gasteiger charge is 2.20. The molecule has 0 bridgehead atoms. The van der Waals surface area contributed by atoms with E-state index in [1.807, 2.05) is 11.0 Å². The standard InChI is InChI=1S/C13H18N2OS/c1-2-3-6-14-9-13(16)15-7-4-12-11(10-15)5-8-17-12/h2,5,8,14H,1,3-4,6-7,9-10H2. The van der Waals surface area contributed by atoms with Gasteiger partial charge in [-0.1, -0.05) is 6.08 Å². The van der Waals surface area contributed by atoms with E-state index in [-0.39, 0.29) is 5.91 Å². The summed E-state index contributed by atoms with van der Waals surface area (Å²) < 4.78 is 0. The van der Waals surface area contributed by atoms with E-state index in [2.05, 4.69) is 23.3 Å². The maximum Gasteiger partial charge on any atom is 0.236 e. The van der Waals surface area contributed by atoms with Crippen LogP contribution in [0.3, 0.4) is 0 Å². The molecule has 0 aromatic carbocycles. The van der Waals surface area contributed by atoms with E-state index >= 15 is 0 Å². The summed E-state index contributed by atoms with van der Waals surface area (Å²) in [7, 11) is 0. The molecule has 1 aliphatic rings. The molecule has 2 heterocycles. The van der Waals surface area contributed by atoms with Crippen molar-refractivity contribution in [2.24, 2.45) is 0 Å². The predicted molar refractivity (Wildman–Crippen MR) is 71.1 cm³/mol. The monoisotopic (exact) mass is 250 g/mol. The second kappa shape index (κ2) is 5.98. The first kappa shape index (κ1) is 12.3. The molecule has 4 heteroatoms. The number of nitrogens with one attached hydrogen (secondary N) is 1. The molecule has 1 N–H and O–H groups in total. The van der Waals surface area contributed by atoms with Crippen molar-refractivity contribution in [2.75, 3.05) is 19.6 Å². The van der Waals surface area contributed by atoms with Crippen molar-refractivity contribution in [2.45, 2.75) is 19.4 Å². The van der Waals surface area contributed by atoms with Gasteiger partial charge in [-0.15, -0.1) is 17.9 Å². The number of nitrogens with zero attached hydrogens (tertiary/aromatic N) is 1. The molecule has 0 aliphatic carbocycles. The van der Waals surface area contributed by atoms with Gasteiger partial charge in [0.1, 0.15) is 0 Å². The zero-order chi connectivity index (χ0) is 12.1. The minimum Gasteiger partial charge on any atom is -0.337 e. The zero-order valence-corrected chi connectivity index (χ0v) is 10.8. The molecule has 17 heavy (non-hydrogen) atoms. The van der Waals surface area contributed by atoms with E-state index in [0.717, 1.165) is 32.5 Å². The number of rotatable bonds is 5. The molecular formula is C13H18N2OS. The third kappa shape index (κ3) is 3.17. The number of fused-ring (bicyclic) bond motifs is 1. The van der Waals surface area contributed by atoms with Crippen molar-refractivity contribution in [1.82, 2.24) is 10.2 Å². The first-order chi connectivity index (χ1) is 8.31. The van der Waals surface area contributed by atoms with Crippen LogP contribution in [0.15, 0.2) is 24.1 Å². The summed E-state index contributed by atoms with van der Waals surface area (Å²) in [4.78, 5) is 15.3. The van der Waals surface area contributed by atoms with Crippen LogP contribution in [0.2, 0.25) is 0 Å². The fourth-order valence-electron chi connectivity index (χ4n) is 1.97. The van der Waals surface area contributed by atoms with Gasteiger partial charge in [-0.25, -0.2) is 0 Å². The molecule has 0 unspecified atom stereocenters. The Morgan fingerprint density at radius 1 is 1.65 bits per heavy atom. The second-order valence-corrected chi connectivity index (χ2v) is 5.19. The first-order valence-electron chi connectivity index (χ1n) is 5.96. The fourth-order valence-corrected chi connectivity index (χ4v) is 2.86. The molecule has 0 radical (unpaired) electrons. The summed E-state index contributed by atoms with van der Waals surface area (Å²) in [6.07, 6.45) is 3.77. The molecule has 2 rings (SSSR count). The predicted octanol–water partition coefficient (Wildman–Crippen LogP) is 1.80.